The Labute approximate surface area is 79.3 Å². The monoisotopic (exact) mass is 171 g/mol. The van der Waals surface area contributed by atoms with E-state index in [0.717, 1.165) is 18.4 Å². The van der Waals surface area contributed by atoms with E-state index in [0.29, 0.717) is 6.42 Å². The lowest BCUT2D eigenvalue weighted by atomic mass is 10.1. The molecule has 0 saturated carbocycles. The summed E-state index contributed by atoms with van der Waals surface area (Å²) in [7, 11) is 0. The zero-order valence-electron chi connectivity index (χ0n) is 7.66. The van der Waals surface area contributed by atoms with Crippen LogP contribution in [-0.4, -0.2) is 0 Å². The van der Waals surface area contributed by atoms with Crippen molar-refractivity contribution in [1.29, 1.82) is 5.26 Å². The number of hydrogen-bond donors (Lipinski definition) is 0. The van der Waals surface area contributed by atoms with Crippen molar-refractivity contribution in [3.8, 4) is 6.07 Å². The van der Waals surface area contributed by atoms with Gasteiger partial charge in [0.25, 0.3) is 0 Å². The van der Waals surface area contributed by atoms with Crippen molar-refractivity contribution < 1.29 is 0 Å². The number of nitrogens with zero attached hydrogens (tertiary/aromatic N) is 1. The molecule has 1 nitrogen and oxygen atoms in total. The van der Waals surface area contributed by atoms with Crippen molar-refractivity contribution >= 4 is 6.08 Å². The predicted molar refractivity (Wildman–Crippen MR) is 55.1 cm³/mol. The second-order valence-corrected chi connectivity index (χ2v) is 2.96. The van der Waals surface area contributed by atoms with Crippen LogP contribution in [0.4, 0.5) is 0 Å². The number of aryl methyl sites for hydroxylation is 1. The van der Waals surface area contributed by atoms with E-state index in [-0.39, 0.29) is 0 Å². The van der Waals surface area contributed by atoms with Gasteiger partial charge in [-0.3, -0.25) is 0 Å². The molecule has 0 aromatic heterocycles. The molecule has 66 valence electrons. The maximum Gasteiger partial charge on any atom is 0.0621 e. The van der Waals surface area contributed by atoms with Crippen LogP contribution in [0.15, 0.2) is 30.8 Å². The lowest BCUT2D eigenvalue weighted by Crippen LogP contribution is -1.85. The lowest BCUT2D eigenvalue weighted by Gasteiger charge is -1.99. The van der Waals surface area contributed by atoms with E-state index in [1.807, 2.05) is 18.2 Å². The van der Waals surface area contributed by atoms with Crippen molar-refractivity contribution in [3.05, 3.63) is 42.0 Å². The number of unbranched alkanes of at least 4 members (excludes halogenated alkanes) is 1. The third-order valence-corrected chi connectivity index (χ3v) is 1.94. The van der Waals surface area contributed by atoms with E-state index in [1.54, 1.807) is 0 Å². The molecule has 0 unspecified atom stereocenters. The van der Waals surface area contributed by atoms with Crippen LogP contribution in [0.5, 0.6) is 0 Å². The highest BCUT2D eigenvalue weighted by Gasteiger charge is 1.93. The summed E-state index contributed by atoms with van der Waals surface area (Å²) >= 11 is 0. The first kappa shape index (κ1) is 9.54. The molecule has 0 radical (unpaired) electrons. The Balaban J connectivity index is 2.57. The fourth-order valence-electron chi connectivity index (χ4n) is 1.25. The Morgan fingerprint density at radius 1 is 1.46 bits per heavy atom. The summed E-state index contributed by atoms with van der Waals surface area (Å²) in [6.45, 7) is 3.72. The van der Waals surface area contributed by atoms with Crippen molar-refractivity contribution in [2.45, 2.75) is 19.3 Å². The Kier molecular flexibility index (Phi) is 3.78. The normalized spacial score (nSPS) is 9.15. The van der Waals surface area contributed by atoms with Gasteiger partial charge >= 0.3 is 0 Å². The summed E-state index contributed by atoms with van der Waals surface area (Å²) in [6, 6.07) is 10.4. The van der Waals surface area contributed by atoms with Crippen LogP contribution in [0, 0.1) is 11.3 Å². The average Bonchev–Trinajstić information content (AvgIpc) is 2.19. The molecule has 0 heterocycles. The van der Waals surface area contributed by atoms with Crippen molar-refractivity contribution in [3.63, 3.8) is 0 Å². The second-order valence-electron chi connectivity index (χ2n) is 2.96. The standard InChI is InChI=1S/C12H13N/c1-2-11-7-5-8-12(10-11)6-3-4-9-13/h2,5,7-8,10H,1,3-4,6H2. The van der Waals surface area contributed by atoms with Gasteiger partial charge in [0.15, 0.2) is 0 Å². The van der Waals surface area contributed by atoms with Gasteiger partial charge in [-0.05, 0) is 24.0 Å². The molecule has 0 saturated heterocycles. The number of rotatable bonds is 4. The average molecular weight is 171 g/mol. The highest BCUT2D eigenvalue weighted by Crippen LogP contribution is 2.09. The first-order valence-electron chi connectivity index (χ1n) is 4.45. The van der Waals surface area contributed by atoms with Gasteiger partial charge in [-0.2, -0.15) is 5.26 Å². The smallest absolute Gasteiger partial charge is 0.0621 e. The minimum atomic E-state index is 0.637. The Hall–Kier alpha value is -1.55. The van der Waals surface area contributed by atoms with E-state index in [9.17, 15) is 0 Å². The summed E-state index contributed by atoms with van der Waals surface area (Å²) in [5.74, 6) is 0. The number of hydrogen-bond acceptors (Lipinski definition) is 1. The number of nitriles is 1. The molecule has 0 aliphatic carbocycles. The van der Waals surface area contributed by atoms with Crippen molar-refractivity contribution in [2.75, 3.05) is 0 Å². The van der Waals surface area contributed by atoms with Gasteiger partial charge in [-0.15, -0.1) is 0 Å². The SMILES string of the molecule is C=Cc1cccc(CCCC#N)c1. The molecular formula is C12H13N. The van der Waals surface area contributed by atoms with Crippen LogP contribution in [0.1, 0.15) is 24.0 Å². The van der Waals surface area contributed by atoms with Crippen LogP contribution < -0.4 is 0 Å². The topological polar surface area (TPSA) is 23.8 Å². The minimum Gasteiger partial charge on any atom is -0.198 e. The van der Waals surface area contributed by atoms with Gasteiger partial charge in [-0.25, -0.2) is 0 Å². The Morgan fingerprint density at radius 3 is 3.00 bits per heavy atom. The van der Waals surface area contributed by atoms with Crippen LogP contribution >= 0.6 is 0 Å². The molecule has 0 N–H and O–H groups in total. The van der Waals surface area contributed by atoms with E-state index < -0.39 is 0 Å². The predicted octanol–water partition coefficient (Wildman–Crippen LogP) is 3.18. The van der Waals surface area contributed by atoms with E-state index in [1.165, 1.54) is 5.56 Å². The maximum atomic E-state index is 8.38. The molecule has 1 aromatic rings. The zero-order valence-corrected chi connectivity index (χ0v) is 7.66. The molecule has 1 heteroatoms. The lowest BCUT2D eigenvalue weighted by molar-refractivity contribution is 0.850. The van der Waals surface area contributed by atoms with Crippen molar-refractivity contribution in [2.24, 2.45) is 0 Å². The van der Waals surface area contributed by atoms with Gasteiger partial charge in [0.2, 0.25) is 0 Å². The molecular weight excluding hydrogens is 158 g/mol. The molecule has 0 aliphatic rings. The Morgan fingerprint density at radius 2 is 2.31 bits per heavy atom. The summed E-state index contributed by atoms with van der Waals surface area (Å²) < 4.78 is 0. The molecule has 13 heavy (non-hydrogen) atoms. The molecule has 0 atom stereocenters. The summed E-state index contributed by atoms with van der Waals surface area (Å²) in [5, 5.41) is 8.38. The van der Waals surface area contributed by atoms with Crippen molar-refractivity contribution in [1.82, 2.24) is 0 Å². The highest BCUT2D eigenvalue weighted by atomic mass is 14.2. The largest absolute Gasteiger partial charge is 0.198 e. The maximum absolute atomic E-state index is 8.38. The van der Waals surface area contributed by atoms with E-state index in [2.05, 4.69) is 24.8 Å². The molecule has 0 fully saturated rings. The summed E-state index contributed by atoms with van der Waals surface area (Å²) in [4.78, 5) is 0. The van der Waals surface area contributed by atoms with Gasteiger partial charge in [0.05, 0.1) is 6.07 Å². The van der Waals surface area contributed by atoms with Crippen LogP contribution in [0.2, 0.25) is 0 Å². The van der Waals surface area contributed by atoms with Crippen LogP contribution in [-0.2, 0) is 6.42 Å². The quantitative estimate of drug-likeness (QED) is 0.638. The fourth-order valence-corrected chi connectivity index (χ4v) is 1.25. The fraction of sp³-hybridized carbons (Fsp3) is 0.250. The van der Waals surface area contributed by atoms with Gasteiger partial charge in [-0.1, -0.05) is 36.9 Å². The first-order valence-corrected chi connectivity index (χ1v) is 4.45. The molecule has 0 aliphatic heterocycles. The molecule has 0 bridgehead atoms. The highest BCUT2D eigenvalue weighted by molar-refractivity contribution is 5.47. The molecule has 0 amide bonds. The third-order valence-electron chi connectivity index (χ3n) is 1.94. The number of benzene rings is 1. The van der Waals surface area contributed by atoms with Gasteiger partial charge < -0.3 is 0 Å². The molecule has 1 aromatic carbocycles. The third kappa shape index (κ3) is 3.13. The molecule has 1 rings (SSSR count). The van der Waals surface area contributed by atoms with E-state index >= 15 is 0 Å². The second kappa shape index (κ2) is 5.16. The zero-order chi connectivity index (χ0) is 9.52. The van der Waals surface area contributed by atoms with Gasteiger partial charge in [0, 0.05) is 6.42 Å². The Bertz CT molecular complexity index is 320. The minimum absolute atomic E-state index is 0.637. The molecule has 0 spiro atoms. The van der Waals surface area contributed by atoms with Gasteiger partial charge in [0.1, 0.15) is 0 Å². The summed E-state index contributed by atoms with van der Waals surface area (Å²) in [6.07, 6.45) is 4.40. The first-order chi connectivity index (χ1) is 6.36. The van der Waals surface area contributed by atoms with Crippen LogP contribution in [0.3, 0.4) is 0 Å². The van der Waals surface area contributed by atoms with E-state index in [4.69, 9.17) is 5.26 Å². The summed E-state index contributed by atoms with van der Waals surface area (Å²) in [5.41, 5.74) is 2.43. The van der Waals surface area contributed by atoms with Crippen LogP contribution in [0.25, 0.3) is 6.08 Å².